The SMILES string of the molecule is FC(F)(F)c1cccc(N(c2ccccc2)c2ccc(N(c3ccc(N(c4ccccc4)c4cccc(C(F)(F)F)c4)cc3)c3ccc(N(c4ccccc4)c4cccc(C(F)(F)F)c4)cc3)cc2)c1. The van der Waals surface area contributed by atoms with Gasteiger partial charge in [0.15, 0.2) is 0 Å². The first-order chi connectivity index (χ1) is 33.6. The monoisotopic (exact) mass is 950 g/mol. The van der Waals surface area contributed by atoms with Crippen molar-refractivity contribution in [2.45, 2.75) is 18.5 Å². The summed E-state index contributed by atoms with van der Waals surface area (Å²) in [5.74, 6) is 0. The molecule has 0 aliphatic heterocycles. The second kappa shape index (κ2) is 19.3. The lowest BCUT2D eigenvalue weighted by atomic mass is 10.1. The van der Waals surface area contributed by atoms with Gasteiger partial charge >= 0.3 is 18.5 Å². The van der Waals surface area contributed by atoms with E-state index in [1.807, 2.05) is 59.5 Å². The molecule has 350 valence electrons. The van der Waals surface area contributed by atoms with Gasteiger partial charge in [0, 0.05) is 68.2 Å². The van der Waals surface area contributed by atoms with E-state index in [0.29, 0.717) is 51.2 Å². The third-order valence-corrected chi connectivity index (χ3v) is 11.4. The molecule has 0 heterocycles. The molecule has 4 nitrogen and oxygen atoms in total. The van der Waals surface area contributed by atoms with Crippen molar-refractivity contribution in [3.63, 3.8) is 0 Å². The summed E-state index contributed by atoms with van der Waals surface area (Å²) < 4.78 is 126. The van der Waals surface area contributed by atoms with Crippen LogP contribution in [0.4, 0.5) is 108 Å². The van der Waals surface area contributed by atoms with E-state index in [1.165, 1.54) is 18.2 Å². The maximum Gasteiger partial charge on any atom is 0.416 e. The third kappa shape index (κ3) is 10.2. The Balaban J connectivity index is 1.15. The van der Waals surface area contributed by atoms with Gasteiger partial charge in [-0.2, -0.15) is 39.5 Å². The number of nitrogens with zero attached hydrogens (tertiary/aromatic N) is 4. The van der Waals surface area contributed by atoms with Crippen molar-refractivity contribution >= 4 is 68.2 Å². The second-order valence-corrected chi connectivity index (χ2v) is 16.0. The molecule has 0 atom stereocenters. The van der Waals surface area contributed by atoms with Crippen LogP contribution >= 0.6 is 0 Å². The molecule has 0 amide bonds. The van der Waals surface area contributed by atoms with Gasteiger partial charge in [0.25, 0.3) is 0 Å². The molecule has 0 radical (unpaired) electrons. The average molecular weight is 951 g/mol. The van der Waals surface area contributed by atoms with Crippen LogP contribution in [0.5, 0.6) is 0 Å². The van der Waals surface area contributed by atoms with Crippen LogP contribution in [-0.2, 0) is 18.5 Å². The van der Waals surface area contributed by atoms with Crippen molar-refractivity contribution in [1.82, 2.24) is 0 Å². The molecule has 9 aromatic carbocycles. The van der Waals surface area contributed by atoms with Crippen LogP contribution < -0.4 is 19.6 Å². The molecule has 13 heteroatoms. The van der Waals surface area contributed by atoms with Gasteiger partial charge in [-0.05, 0) is 164 Å². The minimum atomic E-state index is -4.58. The summed E-state index contributed by atoms with van der Waals surface area (Å²) in [6, 6.07) is 63.7. The van der Waals surface area contributed by atoms with Crippen LogP contribution in [0, 0.1) is 0 Å². The molecular weight excluding hydrogens is 912 g/mol. The molecule has 0 aliphatic carbocycles. The topological polar surface area (TPSA) is 13.0 Å². The van der Waals surface area contributed by atoms with E-state index in [1.54, 1.807) is 142 Å². The highest BCUT2D eigenvalue weighted by Gasteiger charge is 2.33. The minimum Gasteiger partial charge on any atom is -0.310 e. The number of hydrogen-bond donors (Lipinski definition) is 0. The summed E-state index contributed by atoms with van der Waals surface area (Å²) in [5, 5.41) is 0. The molecule has 0 bridgehead atoms. The van der Waals surface area contributed by atoms with Crippen molar-refractivity contribution in [2.24, 2.45) is 0 Å². The van der Waals surface area contributed by atoms with Crippen molar-refractivity contribution in [3.05, 3.63) is 253 Å². The van der Waals surface area contributed by atoms with Crippen LogP contribution in [0.15, 0.2) is 237 Å². The van der Waals surface area contributed by atoms with Crippen molar-refractivity contribution < 1.29 is 39.5 Å². The summed E-state index contributed by atoms with van der Waals surface area (Å²) >= 11 is 0. The number of halogens is 9. The Morgan fingerprint density at radius 1 is 0.186 bits per heavy atom. The highest BCUT2D eigenvalue weighted by atomic mass is 19.4. The predicted molar refractivity (Wildman–Crippen MR) is 260 cm³/mol. The molecule has 9 aromatic rings. The number of alkyl halides is 9. The van der Waals surface area contributed by atoms with Crippen molar-refractivity contribution in [2.75, 3.05) is 19.6 Å². The van der Waals surface area contributed by atoms with E-state index in [-0.39, 0.29) is 17.1 Å². The van der Waals surface area contributed by atoms with E-state index in [0.717, 1.165) is 36.4 Å². The third-order valence-electron chi connectivity index (χ3n) is 11.4. The van der Waals surface area contributed by atoms with Gasteiger partial charge in [-0.1, -0.05) is 72.8 Å². The summed E-state index contributed by atoms with van der Waals surface area (Å²) in [4.78, 5) is 7.06. The summed E-state index contributed by atoms with van der Waals surface area (Å²) in [6.45, 7) is 0. The molecule has 0 fully saturated rings. The minimum absolute atomic E-state index is 0.282. The molecular formula is C57H39F9N4. The Morgan fingerprint density at radius 3 is 0.557 bits per heavy atom. The van der Waals surface area contributed by atoms with Crippen LogP contribution in [-0.4, -0.2) is 0 Å². The zero-order valence-electron chi connectivity index (χ0n) is 36.7. The van der Waals surface area contributed by atoms with Crippen molar-refractivity contribution in [1.29, 1.82) is 0 Å². The lowest BCUT2D eigenvalue weighted by Gasteiger charge is -2.30. The zero-order valence-corrected chi connectivity index (χ0v) is 36.7. The number of anilines is 12. The largest absolute Gasteiger partial charge is 0.416 e. The maximum atomic E-state index is 14.0. The van der Waals surface area contributed by atoms with Gasteiger partial charge in [0.2, 0.25) is 0 Å². The normalized spacial score (nSPS) is 11.8. The molecule has 70 heavy (non-hydrogen) atoms. The molecule has 0 aromatic heterocycles. The van der Waals surface area contributed by atoms with Gasteiger partial charge in [0.1, 0.15) is 0 Å². The van der Waals surface area contributed by atoms with Gasteiger partial charge in [-0.25, -0.2) is 0 Å². The Kier molecular flexibility index (Phi) is 12.8. The fraction of sp³-hybridized carbons (Fsp3) is 0.0526. The Bertz CT molecular complexity index is 2820. The molecule has 0 saturated heterocycles. The fourth-order valence-corrected chi connectivity index (χ4v) is 8.24. The van der Waals surface area contributed by atoms with Gasteiger partial charge in [0.05, 0.1) is 16.7 Å². The zero-order chi connectivity index (χ0) is 49.0. The lowest BCUT2D eigenvalue weighted by molar-refractivity contribution is -0.138. The van der Waals surface area contributed by atoms with Crippen LogP contribution in [0.2, 0.25) is 0 Å². The van der Waals surface area contributed by atoms with Crippen LogP contribution in [0.3, 0.4) is 0 Å². The second-order valence-electron chi connectivity index (χ2n) is 16.0. The summed E-state index contributed by atoms with van der Waals surface area (Å²) in [6.07, 6.45) is -13.7. The van der Waals surface area contributed by atoms with E-state index < -0.39 is 35.2 Å². The van der Waals surface area contributed by atoms with Crippen LogP contribution in [0.25, 0.3) is 0 Å². The first kappa shape index (κ1) is 46.7. The maximum absolute atomic E-state index is 14.0. The Hall–Kier alpha value is -8.45. The number of hydrogen-bond acceptors (Lipinski definition) is 4. The number of rotatable bonds is 12. The predicted octanol–water partition coefficient (Wildman–Crippen LogP) is 18.6. The Labute approximate surface area is 398 Å². The van der Waals surface area contributed by atoms with E-state index in [2.05, 4.69) is 0 Å². The summed E-state index contributed by atoms with van der Waals surface area (Å²) in [7, 11) is 0. The fourth-order valence-electron chi connectivity index (χ4n) is 8.24. The molecule has 9 rings (SSSR count). The number of benzene rings is 9. The highest BCUT2D eigenvalue weighted by Crippen LogP contribution is 2.45. The number of para-hydroxylation sites is 3. The summed E-state index contributed by atoms with van der Waals surface area (Å²) in [5.41, 5.74) is 3.80. The lowest BCUT2D eigenvalue weighted by Crippen LogP contribution is -2.14. The first-order valence-electron chi connectivity index (χ1n) is 21.8. The van der Waals surface area contributed by atoms with Crippen LogP contribution in [0.1, 0.15) is 16.7 Å². The average Bonchev–Trinajstić information content (AvgIpc) is 3.36. The van der Waals surface area contributed by atoms with Gasteiger partial charge < -0.3 is 19.6 Å². The highest BCUT2D eigenvalue weighted by molar-refractivity contribution is 5.85. The quantitative estimate of drug-likeness (QED) is 0.113. The first-order valence-corrected chi connectivity index (χ1v) is 21.8. The molecule has 0 spiro atoms. The van der Waals surface area contributed by atoms with Gasteiger partial charge in [-0.15, -0.1) is 0 Å². The molecule has 0 N–H and O–H groups in total. The Morgan fingerprint density at radius 2 is 0.357 bits per heavy atom. The molecule has 0 saturated carbocycles. The van der Waals surface area contributed by atoms with E-state index in [4.69, 9.17) is 0 Å². The van der Waals surface area contributed by atoms with Gasteiger partial charge in [-0.3, -0.25) is 0 Å². The smallest absolute Gasteiger partial charge is 0.310 e. The molecule has 0 aliphatic rings. The van der Waals surface area contributed by atoms with E-state index in [9.17, 15) is 39.5 Å². The van der Waals surface area contributed by atoms with E-state index >= 15 is 0 Å². The van der Waals surface area contributed by atoms with Crippen molar-refractivity contribution in [3.8, 4) is 0 Å². The molecule has 0 unspecified atom stereocenters. The standard InChI is InChI=1S/C57H39F9N4/c58-55(59,60)40-13-10-22-52(37-40)68(43-16-4-1-5-17-43)49-31-25-46(26-32-49)67(47-27-33-50(34-28-47)69(44-18-6-2-7-19-44)53-23-11-14-41(38-53)56(61,62)63)48-29-35-51(36-30-48)70(45-20-8-3-9-21-45)54-24-12-15-42(39-54)57(64,65)66/h1-39H.